The molecule has 0 amide bonds. The molecule has 12 heteroatoms. The van der Waals surface area contributed by atoms with Gasteiger partial charge < -0.3 is 28.5 Å². The maximum atomic E-state index is 12.7. The van der Waals surface area contributed by atoms with Gasteiger partial charge in [-0.05, 0) is 29.8 Å². The van der Waals surface area contributed by atoms with Crippen molar-refractivity contribution < 1.29 is 48.0 Å². The van der Waals surface area contributed by atoms with Gasteiger partial charge in [0.25, 0.3) is 5.09 Å². The van der Waals surface area contributed by atoms with E-state index in [1.165, 1.54) is 31.2 Å². The molecule has 4 atom stereocenters. The van der Waals surface area contributed by atoms with E-state index in [1.807, 2.05) is 0 Å². The number of hydrogen-bond acceptors (Lipinski definition) is 11. The topological polar surface area (TPSA) is 150 Å². The van der Waals surface area contributed by atoms with Gasteiger partial charge in [0.2, 0.25) is 0 Å². The van der Waals surface area contributed by atoms with E-state index in [0.717, 1.165) is 0 Å². The molecule has 184 valence electrons. The zero-order valence-electron chi connectivity index (χ0n) is 18.5. The first-order chi connectivity index (χ1) is 16.8. The molecule has 12 nitrogen and oxygen atoms in total. The van der Waals surface area contributed by atoms with Crippen molar-refractivity contribution in [2.45, 2.75) is 37.9 Å². The molecular weight excluding hydrogens is 466 g/mol. The Morgan fingerprint density at radius 3 is 2.29 bits per heavy atom. The van der Waals surface area contributed by atoms with Crippen LogP contribution in [0.5, 0.6) is 5.75 Å². The lowest BCUT2D eigenvalue weighted by molar-refractivity contribution is -0.763. The Bertz CT molecular complexity index is 1130. The van der Waals surface area contributed by atoms with Gasteiger partial charge >= 0.3 is 17.9 Å². The van der Waals surface area contributed by atoms with Gasteiger partial charge in [0, 0.05) is 6.92 Å². The third kappa shape index (κ3) is 5.73. The van der Waals surface area contributed by atoms with Gasteiger partial charge in [0.05, 0.1) is 18.8 Å². The van der Waals surface area contributed by atoms with Crippen molar-refractivity contribution in [1.29, 1.82) is 0 Å². The Labute approximate surface area is 198 Å². The minimum absolute atomic E-state index is 0.0264. The molecule has 0 saturated carbocycles. The number of nitrogens with zero attached hydrogens (tertiary/aromatic N) is 1. The van der Waals surface area contributed by atoms with E-state index in [1.54, 1.807) is 24.3 Å². The van der Waals surface area contributed by atoms with Crippen LogP contribution in [0.25, 0.3) is 0 Å². The highest BCUT2D eigenvalue weighted by atomic mass is 16.9. The zero-order valence-corrected chi connectivity index (χ0v) is 18.5. The summed E-state index contributed by atoms with van der Waals surface area (Å²) < 4.78 is 27.5. The number of fused-ring (bicyclic) bond motifs is 1. The molecule has 35 heavy (non-hydrogen) atoms. The monoisotopic (exact) mass is 487 g/mol. The Hall–Kier alpha value is -4.03. The Morgan fingerprint density at radius 2 is 1.63 bits per heavy atom. The first kappa shape index (κ1) is 24.1. The Kier molecular flexibility index (Phi) is 7.22. The van der Waals surface area contributed by atoms with Crippen LogP contribution in [0.2, 0.25) is 0 Å². The zero-order chi connectivity index (χ0) is 24.9. The maximum absolute atomic E-state index is 12.7. The van der Waals surface area contributed by atoms with Crippen LogP contribution in [0.15, 0.2) is 48.5 Å². The summed E-state index contributed by atoms with van der Waals surface area (Å²) in [4.78, 5) is 51.3. The number of carbonyl (C=O) groups excluding carboxylic acids is 3. The second kappa shape index (κ2) is 10.5. The minimum atomic E-state index is -0.920. The molecule has 2 heterocycles. The van der Waals surface area contributed by atoms with E-state index >= 15 is 0 Å². The molecular formula is C23H21NO11. The fourth-order valence-electron chi connectivity index (χ4n) is 3.83. The molecule has 2 saturated heterocycles. The fourth-order valence-corrected chi connectivity index (χ4v) is 3.83. The van der Waals surface area contributed by atoms with Crippen molar-refractivity contribution in [3.8, 4) is 5.75 Å². The first-order valence-corrected chi connectivity index (χ1v) is 10.6. The molecule has 0 spiro atoms. The number of esters is 3. The van der Waals surface area contributed by atoms with Crippen molar-refractivity contribution in [2.24, 2.45) is 0 Å². The third-order valence-electron chi connectivity index (χ3n) is 5.34. The molecule has 4 rings (SSSR count). The highest BCUT2D eigenvalue weighted by molar-refractivity contribution is 5.93. The predicted molar refractivity (Wildman–Crippen MR) is 114 cm³/mol. The highest BCUT2D eigenvalue weighted by Gasteiger charge is 2.51. The summed E-state index contributed by atoms with van der Waals surface area (Å²) in [5.41, 5.74) is 0.684. The van der Waals surface area contributed by atoms with E-state index in [9.17, 15) is 24.5 Å². The van der Waals surface area contributed by atoms with Gasteiger partial charge in [0.1, 0.15) is 30.1 Å². The molecule has 0 radical (unpaired) electrons. The molecule has 0 bridgehead atoms. The van der Waals surface area contributed by atoms with Crippen LogP contribution in [0.1, 0.15) is 33.2 Å². The maximum Gasteiger partial charge on any atom is 0.342 e. The summed E-state index contributed by atoms with van der Waals surface area (Å²) in [7, 11) is 0. The largest absolute Gasteiger partial charge is 0.453 e. The average Bonchev–Trinajstić information content (AvgIpc) is 3.41. The lowest BCUT2D eigenvalue weighted by atomic mass is 10.1. The molecule has 2 aliphatic heterocycles. The van der Waals surface area contributed by atoms with Crippen LogP contribution in [-0.4, -0.2) is 60.6 Å². The van der Waals surface area contributed by atoms with Crippen LogP contribution >= 0.6 is 0 Å². The van der Waals surface area contributed by atoms with Crippen molar-refractivity contribution in [2.75, 3.05) is 13.2 Å². The summed E-state index contributed by atoms with van der Waals surface area (Å²) in [5.74, 6) is -1.88. The molecule has 2 aliphatic rings. The second-order valence-electron chi connectivity index (χ2n) is 7.77. The summed E-state index contributed by atoms with van der Waals surface area (Å²) in [6.45, 7) is 0.978. The predicted octanol–water partition coefficient (Wildman–Crippen LogP) is 1.87. The fraction of sp³-hybridized carbons (Fsp3) is 0.348. The van der Waals surface area contributed by atoms with E-state index in [-0.39, 0.29) is 36.7 Å². The molecule has 2 aromatic rings. The van der Waals surface area contributed by atoms with E-state index in [4.69, 9.17) is 23.7 Å². The first-order valence-electron chi connectivity index (χ1n) is 10.6. The quantitative estimate of drug-likeness (QED) is 0.232. The summed E-state index contributed by atoms with van der Waals surface area (Å²) >= 11 is 0. The van der Waals surface area contributed by atoms with Gasteiger partial charge in [-0.15, -0.1) is 10.1 Å². The highest BCUT2D eigenvalue weighted by Crippen LogP contribution is 2.32. The third-order valence-corrected chi connectivity index (χ3v) is 5.34. The number of benzene rings is 2. The Morgan fingerprint density at radius 1 is 0.971 bits per heavy atom. The minimum Gasteiger partial charge on any atom is -0.453 e. The molecule has 2 fully saturated rings. The van der Waals surface area contributed by atoms with Gasteiger partial charge in [-0.2, -0.15) is 0 Å². The Balaban J connectivity index is 1.36. The molecule has 0 unspecified atom stereocenters. The van der Waals surface area contributed by atoms with E-state index in [2.05, 4.69) is 4.84 Å². The van der Waals surface area contributed by atoms with Crippen molar-refractivity contribution >= 4 is 17.9 Å². The number of hydrogen-bond donors (Lipinski definition) is 0. The second-order valence-corrected chi connectivity index (χ2v) is 7.77. The van der Waals surface area contributed by atoms with Crippen molar-refractivity contribution in [1.82, 2.24) is 0 Å². The van der Waals surface area contributed by atoms with Crippen LogP contribution in [0.3, 0.4) is 0 Å². The van der Waals surface area contributed by atoms with Gasteiger partial charge in [-0.25, -0.2) is 9.59 Å². The van der Waals surface area contributed by atoms with E-state index in [0.29, 0.717) is 5.56 Å². The molecule has 2 aromatic carbocycles. The van der Waals surface area contributed by atoms with Gasteiger partial charge in [-0.3, -0.25) is 4.79 Å². The van der Waals surface area contributed by atoms with Gasteiger partial charge in [0.15, 0.2) is 12.2 Å². The van der Waals surface area contributed by atoms with Crippen molar-refractivity contribution in [3.05, 3.63) is 75.3 Å². The average molecular weight is 487 g/mol. The van der Waals surface area contributed by atoms with Crippen LogP contribution in [0.4, 0.5) is 0 Å². The lowest BCUT2D eigenvalue weighted by Crippen LogP contribution is -2.36. The smallest absolute Gasteiger partial charge is 0.342 e. The van der Waals surface area contributed by atoms with E-state index < -0.39 is 47.4 Å². The van der Waals surface area contributed by atoms with Crippen molar-refractivity contribution in [3.63, 3.8) is 0 Å². The number of para-hydroxylation sites is 1. The van der Waals surface area contributed by atoms with Crippen LogP contribution < -0.4 is 4.74 Å². The van der Waals surface area contributed by atoms with Crippen LogP contribution in [-0.2, 0) is 35.2 Å². The molecule has 0 N–H and O–H groups in total. The standard InChI is InChI=1S/C23H21NO11/c1-13(25)33-17-8-3-2-7-16(17)23(27)35-19-12-31-20-18(11-30-21(19)20)34-22(26)15-6-4-5-14(9-15)10-32-24(28)29/h2-9,18-21H,10-12H2,1H3/t18-,19+,20-,21-/m1/s1. The summed E-state index contributed by atoms with van der Waals surface area (Å²) in [6, 6.07) is 12.2. The number of ether oxygens (including phenoxy) is 5. The van der Waals surface area contributed by atoms with Crippen LogP contribution in [0, 0.1) is 10.1 Å². The normalized spacial score (nSPS) is 22.7. The number of carbonyl (C=O) groups is 3. The SMILES string of the molecule is CC(=O)Oc1ccccc1C(=O)O[C@H]1CO[C@H]2[C@@H]1OC[C@H]2OC(=O)c1cccc(CO[N+](=O)[O-])c1. The summed E-state index contributed by atoms with van der Waals surface area (Å²) in [6.07, 6.45) is -2.81. The lowest BCUT2D eigenvalue weighted by Gasteiger charge is -2.18. The number of rotatable bonds is 8. The summed E-state index contributed by atoms with van der Waals surface area (Å²) in [5, 5.41) is 9.45. The molecule has 0 aromatic heterocycles. The molecule has 0 aliphatic carbocycles. The van der Waals surface area contributed by atoms with Gasteiger partial charge in [-0.1, -0.05) is 24.3 Å².